The van der Waals surface area contributed by atoms with Crippen LogP contribution in [-0.2, 0) is 9.59 Å². The third kappa shape index (κ3) is 3.22. The zero-order chi connectivity index (χ0) is 18.1. The molecule has 3 aromatic carbocycles. The number of amides is 2. The molecule has 1 heterocycles. The van der Waals surface area contributed by atoms with Gasteiger partial charge in [0, 0.05) is 34.2 Å². The number of carbonyl (C=O) groups excluding carboxylic acids is 2. The zero-order valence-corrected chi connectivity index (χ0v) is 15.6. The van der Waals surface area contributed by atoms with E-state index in [9.17, 15) is 9.59 Å². The van der Waals surface area contributed by atoms with E-state index in [-0.39, 0.29) is 24.2 Å². The quantitative estimate of drug-likeness (QED) is 0.688. The minimum atomic E-state index is -0.356. The third-order valence-electron chi connectivity index (χ3n) is 4.68. The van der Waals surface area contributed by atoms with E-state index >= 15 is 0 Å². The molecule has 4 nitrogen and oxygen atoms in total. The van der Waals surface area contributed by atoms with Gasteiger partial charge in [-0.25, -0.2) is 0 Å². The summed E-state index contributed by atoms with van der Waals surface area (Å²) < 4.78 is 0.957. The van der Waals surface area contributed by atoms with Crippen LogP contribution in [0.1, 0.15) is 6.42 Å². The van der Waals surface area contributed by atoms with Crippen LogP contribution in [0.4, 0.5) is 11.4 Å². The lowest BCUT2D eigenvalue weighted by Gasteiger charge is -2.17. The van der Waals surface area contributed by atoms with Crippen molar-refractivity contribution in [1.29, 1.82) is 0 Å². The Hall–Kier alpha value is -2.66. The summed E-state index contributed by atoms with van der Waals surface area (Å²) in [7, 11) is 0. The van der Waals surface area contributed by atoms with Gasteiger partial charge in [-0.1, -0.05) is 52.3 Å². The highest BCUT2D eigenvalue weighted by atomic mass is 79.9. The molecule has 0 radical (unpaired) electrons. The molecule has 2 amide bonds. The van der Waals surface area contributed by atoms with Crippen LogP contribution >= 0.6 is 15.9 Å². The Labute approximate surface area is 159 Å². The van der Waals surface area contributed by atoms with E-state index in [1.165, 1.54) is 0 Å². The Balaban J connectivity index is 1.52. The van der Waals surface area contributed by atoms with Crippen LogP contribution in [-0.4, -0.2) is 18.4 Å². The standard InChI is InChI=1S/C21H17BrN2O2/c22-16-8-10-17(11-9-16)24-13-15(12-20(24)25)21(26)23-19-7-3-5-14-4-1-2-6-18(14)19/h1-11,15H,12-13H2,(H,23,26)/t15-/m0/s1. The van der Waals surface area contributed by atoms with Crippen LogP contribution in [0.3, 0.4) is 0 Å². The molecule has 1 saturated heterocycles. The number of hydrogen-bond donors (Lipinski definition) is 1. The van der Waals surface area contributed by atoms with Crippen molar-refractivity contribution in [3.05, 3.63) is 71.2 Å². The molecule has 1 fully saturated rings. The summed E-state index contributed by atoms with van der Waals surface area (Å²) in [4.78, 5) is 26.8. The van der Waals surface area contributed by atoms with Gasteiger partial charge >= 0.3 is 0 Å². The first-order chi connectivity index (χ1) is 12.6. The first-order valence-corrected chi connectivity index (χ1v) is 9.26. The Morgan fingerprint density at radius 2 is 1.73 bits per heavy atom. The Morgan fingerprint density at radius 1 is 1.00 bits per heavy atom. The van der Waals surface area contributed by atoms with Crippen molar-refractivity contribution >= 4 is 49.9 Å². The fraction of sp³-hybridized carbons (Fsp3) is 0.143. The van der Waals surface area contributed by atoms with Crippen molar-refractivity contribution in [2.75, 3.05) is 16.8 Å². The van der Waals surface area contributed by atoms with Crippen molar-refractivity contribution in [3.8, 4) is 0 Å². The first kappa shape index (κ1) is 16.8. The predicted octanol–water partition coefficient (Wildman–Crippen LogP) is 4.59. The summed E-state index contributed by atoms with van der Waals surface area (Å²) in [6.07, 6.45) is 0.229. The molecule has 1 aliphatic heterocycles. The normalized spacial score (nSPS) is 16.9. The summed E-state index contributed by atoms with van der Waals surface area (Å²) in [5.41, 5.74) is 1.60. The number of benzene rings is 3. The van der Waals surface area contributed by atoms with Gasteiger partial charge in [-0.3, -0.25) is 9.59 Å². The highest BCUT2D eigenvalue weighted by Crippen LogP contribution is 2.28. The van der Waals surface area contributed by atoms with Crippen molar-refractivity contribution in [1.82, 2.24) is 0 Å². The number of carbonyl (C=O) groups is 2. The molecule has 1 atom stereocenters. The maximum Gasteiger partial charge on any atom is 0.229 e. The Morgan fingerprint density at radius 3 is 2.54 bits per heavy atom. The van der Waals surface area contributed by atoms with Gasteiger partial charge in [0.05, 0.1) is 5.92 Å². The van der Waals surface area contributed by atoms with E-state index in [1.54, 1.807) is 4.90 Å². The van der Waals surface area contributed by atoms with Gasteiger partial charge < -0.3 is 10.2 Å². The Bertz CT molecular complexity index is 979. The molecular formula is C21H17BrN2O2. The second-order valence-corrected chi connectivity index (χ2v) is 7.31. The summed E-state index contributed by atoms with van der Waals surface area (Å²) in [5, 5.41) is 5.07. The van der Waals surface area contributed by atoms with Gasteiger partial charge in [-0.15, -0.1) is 0 Å². The van der Waals surface area contributed by atoms with Gasteiger partial charge in [0.1, 0.15) is 0 Å². The monoisotopic (exact) mass is 408 g/mol. The molecule has 5 heteroatoms. The van der Waals surface area contributed by atoms with E-state index in [4.69, 9.17) is 0 Å². The summed E-state index contributed by atoms with van der Waals surface area (Å²) in [6.45, 7) is 0.400. The number of nitrogens with zero attached hydrogens (tertiary/aromatic N) is 1. The van der Waals surface area contributed by atoms with Gasteiger partial charge in [0.2, 0.25) is 11.8 Å². The molecule has 0 aliphatic carbocycles. The average Bonchev–Trinajstić information content (AvgIpc) is 3.05. The minimum absolute atomic E-state index is 0.0228. The molecule has 3 aromatic rings. The van der Waals surface area contributed by atoms with Crippen molar-refractivity contribution in [3.63, 3.8) is 0 Å². The van der Waals surface area contributed by atoms with E-state index in [0.29, 0.717) is 6.54 Å². The SMILES string of the molecule is O=C(Nc1cccc2ccccc12)[C@H]1CC(=O)N(c2ccc(Br)cc2)C1. The molecule has 0 spiro atoms. The molecule has 1 aliphatic rings. The van der Waals surface area contributed by atoms with Gasteiger partial charge in [0.25, 0.3) is 0 Å². The van der Waals surface area contributed by atoms with E-state index in [2.05, 4.69) is 21.2 Å². The number of rotatable bonds is 3. The van der Waals surface area contributed by atoms with E-state index < -0.39 is 0 Å². The molecule has 0 unspecified atom stereocenters. The van der Waals surface area contributed by atoms with Gasteiger partial charge in [0.15, 0.2) is 0 Å². The van der Waals surface area contributed by atoms with Gasteiger partial charge in [-0.05, 0) is 35.7 Å². The first-order valence-electron chi connectivity index (χ1n) is 8.46. The van der Waals surface area contributed by atoms with Crippen LogP contribution in [0.5, 0.6) is 0 Å². The van der Waals surface area contributed by atoms with Crippen molar-refractivity contribution in [2.24, 2.45) is 5.92 Å². The predicted molar refractivity (Wildman–Crippen MR) is 107 cm³/mol. The van der Waals surface area contributed by atoms with E-state index in [0.717, 1.165) is 26.6 Å². The number of nitrogens with one attached hydrogen (secondary N) is 1. The number of hydrogen-bond acceptors (Lipinski definition) is 2. The number of halogens is 1. The molecule has 1 N–H and O–H groups in total. The second kappa shape index (κ2) is 6.92. The smallest absolute Gasteiger partial charge is 0.229 e. The molecule has 130 valence electrons. The lowest BCUT2D eigenvalue weighted by atomic mass is 10.1. The average molecular weight is 409 g/mol. The highest BCUT2D eigenvalue weighted by molar-refractivity contribution is 9.10. The Kier molecular flexibility index (Phi) is 4.47. The molecule has 0 aromatic heterocycles. The minimum Gasteiger partial charge on any atom is -0.325 e. The molecule has 4 rings (SSSR count). The maximum atomic E-state index is 12.7. The summed E-state index contributed by atoms with van der Waals surface area (Å²) in [5.74, 6) is -0.496. The molecular weight excluding hydrogens is 392 g/mol. The van der Waals surface area contributed by atoms with Crippen LogP contribution < -0.4 is 10.2 Å². The lowest BCUT2D eigenvalue weighted by Crippen LogP contribution is -2.28. The topological polar surface area (TPSA) is 49.4 Å². The van der Waals surface area contributed by atoms with Crippen molar-refractivity contribution in [2.45, 2.75) is 6.42 Å². The van der Waals surface area contributed by atoms with Crippen molar-refractivity contribution < 1.29 is 9.59 Å². The second-order valence-electron chi connectivity index (χ2n) is 6.40. The summed E-state index contributed by atoms with van der Waals surface area (Å²) >= 11 is 3.39. The van der Waals surface area contributed by atoms with Crippen LogP contribution in [0.15, 0.2) is 71.2 Å². The van der Waals surface area contributed by atoms with Crippen LogP contribution in [0, 0.1) is 5.92 Å². The molecule has 26 heavy (non-hydrogen) atoms. The van der Waals surface area contributed by atoms with Crippen LogP contribution in [0.2, 0.25) is 0 Å². The number of anilines is 2. The molecule has 0 bridgehead atoms. The number of fused-ring (bicyclic) bond motifs is 1. The van der Waals surface area contributed by atoms with Crippen LogP contribution in [0.25, 0.3) is 10.8 Å². The summed E-state index contributed by atoms with van der Waals surface area (Å²) in [6, 6.07) is 21.3. The maximum absolute atomic E-state index is 12.7. The lowest BCUT2D eigenvalue weighted by molar-refractivity contribution is -0.122. The zero-order valence-electron chi connectivity index (χ0n) is 14.0. The fourth-order valence-electron chi connectivity index (χ4n) is 3.32. The van der Waals surface area contributed by atoms with Gasteiger partial charge in [-0.2, -0.15) is 0 Å². The van der Waals surface area contributed by atoms with E-state index in [1.807, 2.05) is 66.7 Å². The largest absolute Gasteiger partial charge is 0.325 e. The fourth-order valence-corrected chi connectivity index (χ4v) is 3.59. The highest BCUT2D eigenvalue weighted by Gasteiger charge is 2.35. The third-order valence-corrected chi connectivity index (χ3v) is 5.21. The molecule has 0 saturated carbocycles.